The van der Waals surface area contributed by atoms with E-state index >= 15 is 0 Å². The number of halogens is 1. The van der Waals surface area contributed by atoms with Gasteiger partial charge in [0.05, 0.1) is 12.3 Å². The lowest BCUT2D eigenvalue weighted by Crippen LogP contribution is -2.03. The fourth-order valence-corrected chi connectivity index (χ4v) is 3.20. The molecular formula is C13H17ClN2O2S2. The van der Waals surface area contributed by atoms with Gasteiger partial charge >= 0.3 is 5.97 Å². The van der Waals surface area contributed by atoms with Gasteiger partial charge in [0.1, 0.15) is 4.88 Å². The minimum Gasteiger partial charge on any atom is -0.462 e. The lowest BCUT2D eigenvalue weighted by Gasteiger charge is -2.00. The second-order valence-corrected chi connectivity index (χ2v) is 5.94. The van der Waals surface area contributed by atoms with Gasteiger partial charge in [-0.2, -0.15) is 0 Å². The van der Waals surface area contributed by atoms with Gasteiger partial charge in [-0.25, -0.2) is 9.78 Å². The van der Waals surface area contributed by atoms with E-state index in [2.05, 4.69) is 21.7 Å². The van der Waals surface area contributed by atoms with Gasteiger partial charge in [0.2, 0.25) is 0 Å². The molecule has 2 rings (SSSR count). The number of rotatable bonds is 6. The molecule has 110 valence electrons. The number of esters is 1. The zero-order valence-corrected chi connectivity index (χ0v) is 13.8. The highest BCUT2D eigenvalue weighted by atomic mass is 35.5. The summed E-state index contributed by atoms with van der Waals surface area (Å²) in [5.74, 6) is -0.288. The summed E-state index contributed by atoms with van der Waals surface area (Å²) < 4.78 is 4.99. The van der Waals surface area contributed by atoms with Crippen molar-refractivity contribution in [3.8, 4) is 0 Å². The lowest BCUT2D eigenvalue weighted by molar-refractivity contribution is 0.0531. The van der Waals surface area contributed by atoms with Gasteiger partial charge in [-0.3, -0.25) is 0 Å². The Morgan fingerprint density at radius 2 is 2.30 bits per heavy atom. The zero-order valence-electron chi connectivity index (χ0n) is 11.3. The molecule has 0 atom stereocenters. The molecule has 0 bridgehead atoms. The smallest absolute Gasteiger partial charge is 0.350 e. The summed E-state index contributed by atoms with van der Waals surface area (Å²) in [5, 5.41) is 6.09. The molecule has 0 aliphatic rings. The maximum atomic E-state index is 11.7. The number of aromatic nitrogens is 1. The number of thiazole rings is 1. The van der Waals surface area contributed by atoms with Gasteiger partial charge in [0.15, 0.2) is 5.13 Å². The summed E-state index contributed by atoms with van der Waals surface area (Å²) in [6, 6.07) is 4.16. The fraction of sp³-hybridized carbons (Fsp3) is 0.385. The number of aryl methyl sites for hydroxylation is 1. The number of hydrogen-bond acceptors (Lipinski definition) is 6. The van der Waals surface area contributed by atoms with Crippen LogP contribution in [0.4, 0.5) is 5.13 Å². The van der Waals surface area contributed by atoms with Gasteiger partial charge in [0, 0.05) is 11.4 Å². The summed E-state index contributed by atoms with van der Waals surface area (Å²) >= 11 is 3.10. The molecule has 0 unspecified atom stereocenters. The van der Waals surface area contributed by atoms with Crippen molar-refractivity contribution in [1.82, 2.24) is 4.98 Å². The number of ether oxygens (including phenoxy) is 1. The Labute approximate surface area is 132 Å². The van der Waals surface area contributed by atoms with Crippen LogP contribution in [0, 0.1) is 6.92 Å². The summed E-state index contributed by atoms with van der Waals surface area (Å²) in [6.07, 6.45) is 0.963. The topological polar surface area (TPSA) is 51.2 Å². The first kappa shape index (κ1) is 16.9. The third kappa shape index (κ3) is 4.47. The van der Waals surface area contributed by atoms with Gasteiger partial charge in [-0.1, -0.05) is 17.4 Å². The Morgan fingerprint density at radius 3 is 2.95 bits per heavy atom. The number of nitrogens with one attached hydrogen (secondary N) is 1. The Balaban J connectivity index is 0.00000200. The Kier molecular flexibility index (Phi) is 6.98. The van der Waals surface area contributed by atoms with E-state index in [1.165, 1.54) is 16.2 Å². The number of nitrogens with zero attached hydrogens (tertiary/aromatic N) is 1. The normalized spacial score (nSPS) is 9.90. The van der Waals surface area contributed by atoms with Gasteiger partial charge in [0.25, 0.3) is 0 Å². The highest BCUT2D eigenvalue weighted by molar-refractivity contribution is 7.17. The highest BCUT2D eigenvalue weighted by Crippen LogP contribution is 2.23. The maximum Gasteiger partial charge on any atom is 0.350 e. The van der Waals surface area contributed by atoms with Crippen LogP contribution in [-0.4, -0.2) is 24.1 Å². The minimum atomic E-state index is -0.288. The average molecular weight is 333 g/mol. The minimum absolute atomic E-state index is 0. The van der Waals surface area contributed by atoms with Crippen LogP contribution in [0.5, 0.6) is 0 Å². The first-order valence-corrected chi connectivity index (χ1v) is 7.81. The third-order valence-corrected chi connectivity index (χ3v) is 4.52. The Hall–Kier alpha value is -1.11. The molecule has 1 N–H and O–H groups in total. The first-order chi connectivity index (χ1) is 9.20. The second kappa shape index (κ2) is 8.24. The van der Waals surface area contributed by atoms with E-state index < -0.39 is 0 Å². The van der Waals surface area contributed by atoms with Gasteiger partial charge < -0.3 is 10.1 Å². The van der Waals surface area contributed by atoms with E-state index in [1.807, 2.05) is 13.0 Å². The SMILES string of the molecule is CCOC(=O)c1sc(NCCc2cccs2)nc1C.Cl. The van der Waals surface area contributed by atoms with Crippen molar-refractivity contribution in [3.05, 3.63) is 33.0 Å². The van der Waals surface area contributed by atoms with Crippen molar-refractivity contribution in [1.29, 1.82) is 0 Å². The van der Waals surface area contributed by atoms with Crippen molar-refractivity contribution < 1.29 is 9.53 Å². The molecule has 0 aliphatic carbocycles. The summed E-state index contributed by atoms with van der Waals surface area (Å²) in [6.45, 7) is 4.83. The predicted molar refractivity (Wildman–Crippen MR) is 86.6 cm³/mol. The van der Waals surface area contributed by atoms with Crippen LogP contribution in [-0.2, 0) is 11.2 Å². The molecular weight excluding hydrogens is 316 g/mol. The van der Waals surface area contributed by atoms with E-state index in [0.717, 1.165) is 23.8 Å². The predicted octanol–water partition coefficient (Wildman–Crippen LogP) is 3.77. The molecule has 0 aromatic carbocycles. The maximum absolute atomic E-state index is 11.7. The molecule has 0 saturated carbocycles. The lowest BCUT2D eigenvalue weighted by atomic mass is 10.3. The van der Waals surface area contributed by atoms with Crippen LogP contribution in [0.25, 0.3) is 0 Å². The molecule has 0 radical (unpaired) electrons. The van der Waals surface area contributed by atoms with E-state index in [0.29, 0.717) is 11.5 Å². The zero-order chi connectivity index (χ0) is 13.7. The monoisotopic (exact) mass is 332 g/mol. The number of carbonyl (C=O) groups is 1. The standard InChI is InChI=1S/C13H16N2O2S2.ClH/c1-3-17-12(16)11-9(2)15-13(19-11)14-7-6-10-5-4-8-18-10;/h4-5,8H,3,6-7H2,1-2H3,(H,14,15);1H. The second-order valence-electron chi connectivity index (χ2n) is 3.91. The van der Waals surface area contributed by atoms with Crippen LogP contribution in [0.2, 0.25) is 0 Å². The summed E-state index contributed by atoms with van der Waals surface area (Å²) in [5.41, 5.74) is 0.724. The van der Waals surface area contributed by atoms with E-state index in [1.54, 1.807) is 18.3 Å². The molecule has 2 aromatic heterocycles. The number of anilines is 1. The summed E-state index contributed by atoms with van der Waals surface area (Å²) in [4.78, 5) is 17.9. The molecule has 0 saturated heterocycles. The Morgan fingerprint density at radius 1 is 1.50 bits per heavy atom. The quantitative estimate of drug-likeness (QED) is 0.818. The molecule has 2 heterocycles. The van der Waals surface area contributed by atoms with Gasteiger partial charge in [-0.05, 0) is 31.7 Å². The van der Waals surface area contributed by atoms with E-state index in [9.17, 15) is 4.79 Å². The molecule has 0 fully saturated rings. The number of hydrogen-bond donors (Lipinski definition) is 1. The average Bonchev–Trinajstić information content (AvgIpc) is 2.99. The molecule has 0 spiro atoms. The largest absolute Gasteiger partial charge is 0.462 e. The first-order valence-electron chi connectivity index (χ1n) is 6.11. The third-order valence-electron chi connectivity index (χ3n) is 2.49. The summed E-state index contributed by atoms with van der Waals surface area (Å²) in [7, 11) is 0. The molecule has 2 aromatic rings. The molecule has 4 nitrogen and oxygen atoms in total. The van der Waals surface area contributed by atoms with Crippen molar-refractivity contribution in [2.75, 3.05) is 18.5 Å². The molecule has 20 heavy (non-hydrogen) atoms. The van der Waals surface area contributed by atoms with Crippen molar-refractivity contribution >= 4 is 46.2 Å². The fourth-order valence-electron chi connectivity index (χ4n) is 1.61. The van der Waals surface area contributed by atoms with Crippen LogP contribution in [0.1, 0.15) is 27.2 Å². The van der Waals surface area contributed by atoms with E-state index in [-0.39, 0.29) is 18.4 Å². The highest BCUT2D eigenvalue weighted by Gasteiger charge is 2.15. The van der Waals surface area contributed by atoms with Crippen LogP contribution in [0.15, 0.2) is 17.5 Å². The molecule has 0 aliphatic heterocycles. The van der Waals surface area contributed by atoms with Crippen LogP contribution < -0.4 is 5.32 Å². The van der Waals surface area contributed by atoms with Crippen LogP contribution in [0.3, 0.4) is 0 Å². The van der Waals surface area contributed by atoms with Crippen molar-refractivity contribution in [3.63, 3.8) is 0 Å². The number of thiophene rings is 1. The number of carbonyl (C=O) groups excluding carboxylic acids is 1. The molecule has 7 heteroatoms. The Bertz CT molecular complexity index is 541. The van der Waals surface area contributed by atoms with Crippen molar-refractivity contribution in [2.24, 2.45) is 0 Å². The van der Waals surface area contributed by atoms with Gasteiger partial charge in [-0.15, -0.1) is 23.7 Å². The van der Waals surface area contributed by atoms with Crippen LogP contribution >= 0.6 is 35.1 Å². The van der Waals surface area contributed by atoms with E-state index in [4.69, 9.17) is 4.74 Å². The van der Waals surface area contributed by atoms with Crippen molar-refractivity contribution in [2.45, 2.75) is 20.3 Å². The molecule has 0 amide bonds.